The van der Waals surface area contributed by atoms with Gasteiger partial charge in [-0.25, -0.2) is 9.80 Å². The highest BCUT2D eigenvalue weighted by Crippen LogP contribution is 2.34. The van der Waals surface area contributed by atoms with E-state index in [2.05, 4.69) is 10.2 Å². The van der Waals surface area contributed by atoms with Crippen molar-refractivity contribution in [3.8, 4) is 11.5 Å². The molecule has 1 saturated heterocycles. The molecule has 2 aliphatic rings. The third-order valence-corrected chi connectivity index (χ3v) is 6.97. The summed E-state index contributed by atoms with van der Waals surface area (Å²) in [4.78, 5) is 31.0. The highest BCUT2D eigenvalue weighted by molar-refractivity contribution is 6.03. The number of morpholine rings is 1. The maximum atomic E-state index is 13.9. The van der Waals surface area contributed by atoms with Crippen molar-refractivity contribution >= 4 is 17.6 Å². The number of hydrogen-bond acceptors (Lipinski definition) is 7. The summed E-state index contributed by atoms with van der Waals surface area (Å²) >= 11 is 0. The standard InChI is InChI=1S/C30H41N5O5/c1-30(2,3)31-29(37)34(15-14-33-16-18-40-19-17-33)21-28(36)35-27(23-8-12-25(39-5)13-9-23)20-26(32-35)22-6-10-24(38-4)11-7-22/h6-13,27H,14-21H2,1-5H3,(H,31,37)/t27-/m1/s1. The van der Waals surface area contributed by atoms with E-state index in [1.807, 2.05) is 69.3 Å². The van der Waals surface area contributed by atoms with Gasteiger partial charge in [0.15, 0.2) is 0 Å². The van der Waals surface area contributed by atoms with E-state index in [0.29, 0.717) is 32.7 Å². The molecular formula is C30H41N5O5. The van der Waals surface area contributed by atoms with Gasteiger partial charge in [0.2, 0.25) is 0 Å². The number of amides is 3. The molecule has 2 aromatic rings. The fourth-order valence-electron chi connectivity index (χ4n) is 4.76. The van der Waals surface area contributed by atoms with Gasteiger partial charge in [-0.3, -0.25) is 9.69 Å². The molecule has 10 nitrogen and oxygen atoms in total. The first-order valence-electron chi connectivity index (χ1n) is 13.7. The van der Waals surface area contributed by atoms with E-state index >= 15 is 0 Å². The fraction of sp³-hybridized carbons (Fsp3) is 0.500. The summed E-state index contributed by atoms with van der Waals surface area (Å²) < 4.78 is 16.1. The Morgan fingerprint density at radius 2 is 1.60 bits per heavy atom. The summed E-state index contributed by atoms with van der Waals surface area (Å²) in [6.45, 7) is 9.75. The van der Waals surface area contributed by atoms with E-state index in [1.165, 1.54) is 5.01 Å². The van der Waals surface area contributed by atoms with Gasteiger partial charge in [0.05, 0.1) is 39.2 Å². The zero-order valence-electron chi connectivity index (χ0n) is 24.2. The quantitative estimate of drug-likeness (QED) is 0.513. The molecule has 0 spiro atoms. The zero-order valence-corrected chi connectivity index (χ0v) is 24.2. The molecule has 40 heavy (non-hydrogen) atoms. The van der Waals surface area contributed by atoms with E-state index < -0.39 is 5.54 Å². The molecule has 216 valence electrons. The van der Waals surface area contributed by atoms with Crippen LogP contribution in [0.25, 0.3) is 0 Å². The highest BCUT2D eigenvalue weighted by atomic mass is 16.5. The number of carbonyl (C=O) groups excluding carboxylic acids is 2. The van der Waals surface area contributed by atoms with E-state index in [9.17, 15) is 9.59 Å². The smallest absolute Gasteiger partial charge is 0.318 e. The lowest BCUT2D eigenvalue weighted by Crippen LogP contribution is -2.53. The van der Waals surface area contributed by atoms with Crippen LogP contribution in [-0.2, 0) is 9.53 Å². The van der Waals surface area contributed by atoms with Crippen LogP contribution in [0, 0.1) is 0 Å². The number of ether oxygens (including phenoxy) is 3. The SMILES string of the molecule is COc1ccc(C2=NN(C(=O)CN(CCN3CCOCC3)C(=O)NC(C)(C)C)[C@@H](c3ccc(OC)cc3)C2)cc1. The lowest BCUT2D eigenvalue weighted by molar-refractivity contribution is -0.133. The number of nitrogens with one attached hydrogen (secondary N) is 1. The molecule has 10 heteroatoms. The molecule has 3 amide bonds. The second kappa shape index (κ2) is 13.1. The van der Waals surface area contributed by atoms with Crippen molar-refractivity contribution in [1.29, 1.82) is 0 Å². The molecule has 1 fully saturated rings. The number of methoxy groups -OCH3 is 2. The van der Waals surface area contributed by atoms with Crippen molar-refractivity contribution < 1.29 is 23.8 Å². The van der Waals surface area contributed by atoms with Gasteiger partial charge in [0.25, 0.3) is 5.91 Å². The summed E-state index contributed by atoms with van der Waals surface area (Å²) in [5, 5.41) is 9.34. The van der Waals surface area contributed by atoms with Crippen molar-refractivity contribution in [3.63, 3.8) is 0 Å². The average molecular weight is 552 g/mol. The number of benzene rings is 2. The van der Waals surface area contributed by atoms with Crippen LogP contribution in [-0.4, -0.2) is 98.2 Å². The number of hydrazone groups is 1. The molecule has 2 aliphatic heterocycles. The maximum Gasteiger partial charge on any atom is 0.318 e. The minimum atomic E-state index is -0.434. The minimum absolute atomic E-state index is 0.0850. The lowest BCUT2D eigenvalue weighted by Gasteiger charge is -2.32. The summed E-state index contributed by atoms with van der Waals surface area (Å²) in [5.41, 5.74) is 2.23. The van der Waals surface area contributed by atoms with Crippen LogP contribution in [0.1, 0.15) is 44.4 Å². The second-order valence-corrected chi connectivity index (χ2v) is 11.1. The second-order valence-electron chi connectivity index (χ2n) is 11.1. The Morgan fingerprint density at radius 1 is 1.00 bits per heavy atom. The average Bonchev–Trinajstić information content (AvgIpc) is 3.40. The van der Waals surface area contributed by atoms with Gasteiger partial charge in [0.1, 0.15) is 18.0 Å². The van der Waals surface area contributed by atoms with Crippen LogP contribution in [0.3, 0.4) is 0 Å². The van der Waals surface area contributed by atoms with Crippen molar-refractivity contribution in [1.82, 2.24) is 20.1 Å². The lowest BCUT2D eigenvalue weighted by atomic mass is 9.98. The summed E-state index contributed by atoms with van der Waals surface area (Å²) in [6, 6.07) is 14.8. The molecule has 0 unspecified atom stereocenters. The molecule has 4 rings (SSSR count). The third-order valence-electron chi connectivity index (χ3n) is 6.97. The maximum absolute atomic E-state index is 13.9. The van der Waals surface area contributed by atoms with Gasteiger partial charge in [-0.15, -0.1) is 0 Å². The van der Waals surface area contributed by atoms with Gasteiger partial charge >= 0.3 is 6.03 Å². The molecule has 0 bridgehead atoms. The number of nitrogens with zero attached hydrogens (tertiary/aromatic N) is 4. The normalized spacial score (nSPS) is 17.8. The number of carbonyl (C=O) groups is 2. The van der Waals surface area contributed by atoms with Crippen molar-refractivity contribution in [3.05, 3.63) is 59.7 Å². The van der Waals surface area contributed by atoms with Gasteiger partial charge in [-0.05, 0) is 68.3 Å². The van der Waals surface area contributed by atoms with Crippen molar-refractivity contribution in [2.75, 3.05) is 60.2 Å². The first kappa shape index (κ1) is 29.4. The summed E-state index contributed by atoms with van der Waals surface area (Å²) in [7, 11) is 3.25. The highest BCUT2D eigenvalue weighted by Gasteiger charge is 2.35. The predicted molar refractivity (Wildman–Crippen MR) is 154 cm³/mol. The Bertz CT molecular complexity index is 1170. The van der Waals surface area contributed by atoms with Crippen LogP contribution in [0.4, 0.5) is 4.79 Å². The molecule has 0 radical (unpaired) electrons. The molecule has 2 aromatic carbocycles. The summed E-state index contributed by atoms with van der Waals surface area (Å²) in [6.07, 6.45) is 0.548. The molecular weight excluding hydrogens is 510 g/mol. The molecule has 2 heterocycles. The molecule has 0 saturated carbocycles. The minimum Gasteiger partial charge on any atom is -0.497 e. The van der Waals surface area contributed by atoms with Crippen molar-refractivity contribution in [2.45, 2.75) is 38.8 Å². The largest absolute Gasteiger partial charge is 0.497 e. The number of hydrogen-bond donors (Lipinski definition) is 1. The van der Waals surface area contributed by atoms with E-state index in [0.717, 1.165) is 41.4 Å². The molecule has 0 aromatic heterocycles. The van der Waals surface area contributed by atoms with Crippen molar-refractivity contribution in [2.24, 2.45) is 5.10 Å². The van der Waals surface area contributed by atoms with Crippen LogP contribution >= 0.6 is 0 Å². The number of rotatable bonds is 9. The molecule has 0 aliphatic carbocycles. The Balaban J connectivity index is 1.57. The topological polar surface area (TPSA) is 95.9 Å². The Hall–Kier alpha value is -3.63. The molecule has 1 atom stereocenters. The first-order valence-corrected chi connectivity index (χ1v) is 13.7. The van der Waals surface area contributed by atoms with Crippen LogP contribution in [0.5, 0.6) is 11.5 Å². The predicted octanol–water partition coefficient (Wildman–Crippen LogP) is 3.52. The van der Waals surface area contributed by atoms with Gasteiger partial charge in [-0.2, -0.15) is 5.10 Å². The Kier molecular flexibility index (Phi) is 9.65. The summed E-state index contributed by atoms with van der Waals surface area (Å²) in [5.74, 6) is 1.25. The third kappa shape index (κ3) is 7.73. The van der Waals surface area contributed by atoms with E-state index in [-0.39, 0.29) is 24.5 Å². The first-order chi connectivity index (χ1) is 19.2. The van der Waals surface area contributed by atoms with Gasteiger partial charge in [-0.1, -0.05) is 12.1 Å². The van der Waals surface area contributed by atoms with Crippen LogP contribution in [0.15, 0.2) is 53.6 Å². The fourth-order valence-corrected chi connectivity index (χ4v) is 4.76. The van der Waals surface area contributed by atoms with Crippen LogP contribution in [0.2, 0.25) is 0 Å². The Morgan fingerprint density at radius 3 is 2.17 bits per heavy atom. The van der Waals surface area contributed by atoms with E-state index in [1.54, 1.807) is 19.1 Å². The van der Waals surface area contributed by atoms with E-state index in [4.69, 9.17) is 19.3 Å². The van der Waals surface area contributed by atoms with Crippen LogP contribution < -0.4 is 14.8 Å². The Labute approximate surface area is 236 Å². The molecule has 1 N–H and O–H groups in total. The number of urea groups is 1. The zero-order chi connectivity index (χ0) is 28.7. The van der Waals surface area contributed by atoms with Gasteiger partial charge < -0.3 is 24.4 Å². The van der Waals surface area contributed by atoms with Gasteiger partial charge in [0, 0.05) is 38.1 Å². The monoisotopic (exact) mass is 551 g/mol.